The van der Waals surface area contributed by atoms with Gasteiger partial charge in [0.25, 0.3) is 0 Å². The van der Waals surface area contributed by atoms with Crippen LogP contribution in [-0.4, -0.2) is 0 Å². The van der Waals surface area contributed by atoms with Crippen LogP contribution in [0.4, 0.5) is 10.1 Å². The van der Waals surface area contributed by atoms with Crippen LogP contribution in [0.2, 0.25) is 5.02 Å². The molecule has 0 amide bonds. The lowest BCUT2D eigenvalue weighted by Gasteiger charge is -2.25. The minimum Gasteiger partial charge on any atom is -0.380 e. The molecule has 1 aliphatic rings. The third-order valence-electron chi connectivity index (χ3n) is 4.11. The molecule has 5 heteroatoms. The summed E-state index contributed by atoms with van der Waals surface area (Å²) in [4.78, 5) is 0. The minimum absolute atomic E-state index is 0.113. The smallest absolute Gasteiger partial charge is 0.141 e. The van der Waals surface area contributed by atoms with Gasteiger partial charge in [0, 0.05) is 0 Å². The average molecular weight is 356 g/mol. The van der Waals surface area contributed by atoms with E-state index in [2.05, 4.69) is 16.8 Å². The highest BCUT2D eigenvalue weighted by atomic mass is 35.5. The van der Waals surface area contributed by atoms with E-state index < -0.39 is 5.82 Å². The molecule has 0 bridgehead atoms. The summed E-state index contributed by atoms with van der Waals surface area (Å²) in [6.45, 7) is 1.96. The molecule has 25 heavy (non-hydrogen) atoms. The van der Waals surface area contributed by atoms with Crippen LogP contribution in [-0.2, 0) is 0 Å². The standard InChI is InChI=1S/C20H19ClFN3/c1-2-4-14-11-13(7-9-19(14)25-23)16-5-3-10-24-20(16)15-6-8-18(22)17(21)12-15/h2-12,20,24-25H,23H2,1H3/b4-2-. The van der Waals surface area contributed by atoms with Crippen molar-refractivity contribution in [3.05, 3.63) is 88.4 Å². The molecule has 4 N–H and O–H groups in total. The first kappa shape index (κ1) is 17.3. The van der Waals surface area contributed by atoms with Gasteiger partial charge in [-0.1, -0.05) is 42.0 Å². The van der Waals surface area contributed by atoms with Gasteiger partial charge in [-0.3, -0.25) is 5.84 Å². The predicted octanol–water partition coefficient (Wildman–Crippen LogP) is 5.04. The van der Waals surface area contributed by atoms with Crippen LogP contribution in [0.1, 0.15) is 29.7 Å². The van der Waals surface area contributed by atoms with E-state index in [1.54, 1.807) is 12.1 Å². The van der Waals surface area contributed by atoms with Crippen LogP contribution in [0.3, 0.4) is 0 Å². The molecule has 0 aliphatic carbocycles. The molecule has 1 heterocycles. The van der Waals surface area contributed by atoms with Crippen molar-refractivity contribution in [2.75, 3.05) is 5.43 Å². The van der Waals surface area contributed by atoms with Gasteiger partial charge in [-0.2, -0.15) is 0 Å². The zero-order valence-electron chi connectivity index (χ0n) is 13.8. The number of rotatable bonds is 4. The molecule has 2 aromatic carbocycles. The van der Waals surface area contributed by atoms with E-state index in [9.17, 15) is 4.39 Å². The average Bonchev–Trinajstić information content (AvgIpc) is 2.64. The van der Waals surface area contributed by atoms with Gasteiger partial charge >= 0.3 is 0 Å². The second-order valence-electron chi connectivity index (χ2n) is 5.70. The van der Waals surface area contributed by atoms with E-state index >= 15 is 0 Å². The molecule has 3 nitrogen and oxygen atoms in total. The molecule has 0 saturated heterocycles. The molecule has 1 unspecified atom stereocenters. The monoisotopic (exact) mass is 355 g/mol. The highest BCUT2D eigenvalue weighted by molar-refractivity contribution is 6.30. The number of nitrogen functional groups attached to an aromatic ring is 1. The number of dihydropyridines is 1. The van der Waals surface area contributed by atoms with Gasteiger partial charge < -0.3 is 10.7 Å². The third-order valence-corrected chi connectivity index (χ3v) is 4.40. The normalized spacial score (nSPS) is 16.6. The molecular weight excluding hydrogens is 337 g/mol. The van der Waals surface area contributed by atoms with Crippen molar-refractivity contribution in [2.45, 2.75) is 13.0 Å². The van der Waals surface area contributed by atoms with Crippen LogP contribution in [0.15, 0.2) is 60.8 Å². The molecule has 1 aliphatic heterocycles. The Hall–Kier alpha value is -2.56. The summed E-state index contributed by atoms with van der Waals surface area (Å²) in [6.07, 6.45) is 9.82. The molecule has 0 spiro atoms. The van der Waals surface area contributed by atoms with Gasteiger partial charge in [0.05, 0.1) is 16.8 Å². The highest BCUT2D eigenvalue weighted by Gasteiger charge is 2.20. The van der Waals surface area contributed by atoms with Crippen LogP contribution in [0.5, 0.6) is 0 Å². The van der Waals surface area contributed by atoms with Crippen molar-refractivity contribution in [2.24, 2.45) is 5.84 Å². The van der Waals surface area contributed by atoms with E-state index in [1.165, 1.54) is 6.07 Å². The number of nitrogens with one attached hydrogen (secondary N) is 2. The first-order valence-electron chi connectivity index (χ1n) is 7.95. The lowest BCUT2D eigenvalue weighted by atomic mass is 9.90. The van der Waals surface area contributed by atoms with Crippen LogP contribution in [0, 0.1) is 5.82 Å². The maximum atomic E-state index is 13.5. The summed E-state index contributed by atoms with van der Waals surface area (Å²) in [5, 5.41) is 3.44. The Balaban J connectivity index is 2.04. The van der Waals surface area contributed by atoms with E-state index in [4.69, 9.17) is 17.4 Å². The van der Waals surface area contributed by atoms with Gasteiger partial charge in [0.1, 0.15) is 5.82 Å². The summed E-state index contributed by atoms with van der Waals surface area (Å²) >= 11 is 5.96. The molecule has 0 aromatic heterocycles. The van der Waals surface area contributed by atoms with Gasteiger partial charge in [-0.05, 0) is 65.7 Å². The second kappa shape index (κ2) is 7.55. The van der Waals surface area contributed by atoms with E-state index in [0.717, 1.165) is 28.0 Å². The predicted molar refractivity (Wildman–Crippen MR) is 103 cm³/mol. The second-order valence-corrected chi connectivity index (χ2v) is 6.11. The first-order valence-corrected chi connectivity index (χ1v) is 8.33. The van der Waals surface area contributed by atoms with Crippen molar-refractivity contribution < 1.29 is 4.39 Å². The Morgan fingerprint density at radius 2 is 2.08 bits per heavy atom. The van der Waals surface area contributed by atoms with E-state index in [-0.39, 0.29) is 11.1 Å². The fourth-order valence-corrected chi connectivity index (χ4v) is 3.10. The fourth-order valence-electron chi connectivity index (χ4n) is 2.91. The van der Waals surface area contributed by atoms with E-state index in [1.807, 2.05) is 49.6 Å². The molecule has 0 fully saturated rings. The fraction of sp³-hybridized carbons (Fsp3) is 0.100. The van der Waals surface area contributed by atoms with Gasteiger partial charge in [0.15, 0.2) is 0 Å². The summed E-state index contributed by atoms with van der Waals surface area (Å²) < 4.78 is 13.5. The van der Waals surface area contributed by atoms with E-state index in [0.29, 0.717) is 0 Å². The van der Waals surface area contributed by atoms with Crippen LogP contribution < -0.4 is 16.6 Å². The zero-order valence-corrected chi connectivity index (χ0v) is 14.5. The van der Waals surface area contributed by atoms with Crippen LogP contribution >= 0.6 is 11.6 Å². The molecular formula is C20H19ClFN3. The maximum absolute atomic E-state index is 13.5. The third kappa shape index (κ3) is 3.60. The topological polar surface area (TPSA) is 50.1 Å². The van der Waals surface area contributed by atoms with Crippen molar-refractivity contribution in [3.8, 4) is 0 Å². The highest BCUT2D eigenvalue weighted by Crippen LogP contribution is 2.35. The number of allylic oxidation sites excluding steroid dienone is 3. The van der Waals surface area contributed by atoms with Gasteiger partial charge in [0.2, 0.25) is 0 Å². The van der Waals surface area contributed by atoms with Gasteiger partial charge in [-0.25, -0.2) is 4.39 Å². The zero-order chi connectivity index (χ0) is 17.8. The molecule has 1 atom stereocenters. The molecule has 2 aromatic rings. The van der Waals surface area contributed by atoms with Crippen molar-refractivity contribution in [3.63, 3.8) is 0 Å². The summed E-state index contributed by atoms with van der Waals surface area (Å²) in [7, 11) is 0. The van der Waals surface area contributed by atoms with Gasteiger partial charge in [-0.15, -0.1) is 0 Å². The van der Waals surface area contributed by atoms with Crippen LogP contribution in [0.25, 0.3) is 11.6 Å². The largest absolute Gasteiger partial charge is 0.380 e. The molecule has 3 rings (SSSR count). The number of nitrogens with two attached hydrogens (primary N) is 1. The number of benzene rings is 2. The Morgan fingerprint density at radius 3 is 2.80 bits per heavy atom. The van der Waals surface area contributed by atoms with Crippen molar-refractivity contribution in [1.82, 2.24) is 5.32 Å². The summed E-state index contributed by atoms with van der Waals surface area (Å²) in [6, 6.07) is 10.7. The Morgan fingerprint density at radius 1 is 1.24 bits per heavy atom. The van der Waals surface area contributed by atoms with Crippen molar-refractivity contribution >= 4 is 28.9 Å². The minimum atomic E-state index is -0.420. The lowest BCUT2D eigenvalue weighted by molar-refractivity contribution is 0.626. The Kier molecular flexibility index (Phi) is 5.22. The molecule has 0 radical (unpaired) electrons. The number of halogens is 2. The quantitative estimate of drug-likeness (QED) is 0.532. The number of hydrogen-bond donors (Lipinski definition) is 3. The number of anilines is 1. The van der Waals surface area contributed by atoms with Crippen molar-refractivity contribution in [1.29, 1.82) is 0 Å². The first-order chi connectivity index (χ1) is 12.1. The lowest BCUT2D eigenvalue weighted by Crippen LogP contribution is -2.19. The Labute approximate surface area is 151 Å². The summed E-state index contributed by atoms with van der Waals surface area (Å²) in [5.41, 5.74) is 7.57. The molecule has 128 valence electrons. The number of hydrazine groups is 1. The summed E-state index contributed by atoms with van der Waals surface area (Å²) in [5.74, 6) is 5.17. The molecule has 0 saturated carbocycles. The number of hydrogen-bond acceptors (Lipinski definition) is 3. The maximum Gasteiger partial charge on any atom is 0.141 e. The Bertz CT molecular complexity index is 871. The SMILES string of the molecule is C/C=C\c1cc(C2=CC=CNC2c2ccc(F)c(Cl)c2)ccc1NN.